The Morgan fingerprint density at radius 3 is 2.32 bits per heavy atom. The van der Waals surface area contributed by atoms with Gasteiger partial charge >= 0.3 is 0 Å². The highest BCUT2D eigenvalue weighted by atomic mass is 19.1. The summed E-state index contributed by atoms with van der Waals surface area (Å²) in [5, 5.41) is 9.30. The lowest BCUT2D eigenvalue weighted by Gasteiger charge is -2.05. The Morgan fingerprint density at radius 2 is 1.86 bits per heavy atom. The fourth-order valence-corrected chi connectivity index (χ4v) is 1.51. The Balaban J connectivity index is 0.000000224. The zero-order valence-electron chi connectivity index (χ0n) is 11.7. The molecule has 2 rings (SSSR count). The molecule has 0 spiro atoms. The number of nitrogens with two attached hydrogens (primary N) is 2. The maximum absolute atomic E-state index is 12.2. The fourth-order valence-electron chi connectivity index (χ4n) is 1.51. The summed E-state index contributed by atoms with van der Waals surface area (Å²) >= 11 is 0. The molecule has 6 nitrogen and oxygen atoms in total. The van der Waals surface area contributed by atoms with E-state index in [1.54, 1.807) is 0 Å². The smallest absolute Gasteiger partial charge is 0.248 e. The summed E-state index contributed by atoms with van der Waals surface area (Å²) in [7, 11) is 1.39. The molecule has 0 unspecified atom stereocenters. The van der Waals surface area contributed by atoms with Crippen LogP contribution in [0.4, 0.5) is 10.1 Å². The van der Waals surface area contributed by atoms with Crippen molar-refractivity contribution in [2.75, 3.05) is 12.8 Å². The van der Waals surface area contributed by atoms with E-state index in [4.69, 9.17) is 16.2 Å². The molecular formula is C15H15FN2O4. The van der Waals surface area contributed by atoms with Crippen LogP contribution in [-0.2, 0) is 0 Å². The first kappa shape index (κ1) is 17.0. The van der Waals surface area contributed by atoms with Crippen molar-refractivity contribution < 1.29 is 23.8 Å². The second-order valence-corrected chi connectivity index (χ2v) is 4.15. The third-order valence-corrected chi connectivity index (χ3v) is 2.60. The number of methoxy groups -OCH3 is 1. The first-order valence-corrected chi connectivity index (χ1v) is 6.06. The van der Waals surface area contributed by atoms with E-state index in [2.05, 4.69) is 0 Å². The van der Waals surface area contributed by atoms with Crippen LogP contribution in [0.25, 0.3) is 0 Å². The number of ether oxygens (including phenoxy) is 1. The van der Waals surface area contributed by atoms with Crippen LogP contribution in [0.5, 0.6) is 11.5 Å². The number of carbonyl (C=O) groups is 2. The van der Waals surface area contributed by atoms with Crippen molar-refractivity contribution in [2.45, 2.75) is 0 Å². The zero-order chi connectivity index (χ0) is 16.7. The summed E-state index contributed by atoms with van der Waals surface area (Å²) in [4.78, 5) is 20.8. The van der Waals surface area contributed by atoms with Crippen molar-refractivity contribution in [3.05, 3.63) is 53.3 Å². The first-order chi connectivity index (χ1) is 10.4. The molecule has 0 aliphatic carbocycles. The van der Waals surface area contributed by atoms with Gasteiger partial charge in [0.05, 0.1) is 12.7 Å². The Kier molecular flexibility index (Phi) is 5.88. The monoisotopic (exact) mass is 306 g/mol. The molecule has 2 aromatic rings. The molecule has 5 N–H and O–H groups in total. The van der Waals surface area contributed by atoms with Gasteiger partial charge in [-0.25, -0.2) is 4.39 Å². The van der Waals surface area contributed by atoms with Crippen molar-refractivity contribution in [3.8, 4) is 11.5 Å². The summed E-state index contributed by atoms with van der Waals surface area (Å²) in [6.45, 7) is 0. The van der Waals surface area contributed by atoms with Crippen molar-refractivity contribution in [1.29, 1.82) is 0 Å². The molecule has 0 atom stereocenters. The minimum absolute atomic E-state index is 0.131. The van der Waals surface area contributed by atoms with E-state index in [1.165, 1.54) is 43.5 Å². The van der Waals surface area contributed by atoms with Gasteiger partial charge in [-0.3, -0.25) is 9.59 Å². The van der Waals surface area contributed by atoms with Gasteiger partial charge in [-0.05, 0) is 30.3 Å². The molecule has 0 heterocycles. The molecule has 0 saturated carbocycles. The van der Waals surface area contributed by atoms with Crippen LogP contribution < -0.4 is 16.2 Å². The fraction of sp³-hybridized carbons (Fsp3) is 0.0667. The Morgan fingerprint density at radius 1 is 1.27 bits per heavy atom. The van der Waals surface area contributed by atoms with E-state index < -0.39 is 5.91 Å². The molecule has 22 heavy (non-hydrogen) atoms. The third kappa shape index (κ3) is 4.48. The van der Waals surface area contributed by atoms with Crippen LogP contribution in [0.1, 0.15) is 20.7 Å². The van der Waals surface area contributed by atoms with Crippen molar-refractivity contribution >= 4 is 17.9 Å². The summed E-state index contributed by atoms with van der Waals surface area (Å²) in [6, 6.07) is 7.91. The minimum atomic E-state index is -0.542. The van der Waals surface area contributed by atoms with Crippen LogP contribution in [0.3, 0.4) is 0 Å². The Bertz CT molecular complexity index is 672. The lowest BCUT2D eigenvalue weighted by molar-refractivity contribution is 0.0999. The molecule has 0 radical (unpaired) electrons. The van der Waals surface area contributed by atoms with Gasteiger partial charge in [-0.15, -0.1) is 0 Å². The SMILES string of the molecule is COc1cc(N)cc(C=O)c1O.NC(=O)c1ccc(F)cc1. The standard InChI is InChI=1S/C8H9NO3.C7H6FNO/c1-12-7-3-6(9)2-5(4-10)8(7)11;8-6-3-1-5(2-4-6)7(9)10/h2-4,11H,9H2,1H3;1-4H,(H2,9,10). The number of nitrogen functional groups attached to an aromatic ring is 1. The molecule has 116 valence electrons. The predicted octanol–water partition coefficient (Wildman–Crippen LogP) is 1.72. The summed E-state index contributed by atoms with van der Waals surface area (Å²) in [5.41, 5.74) is 11.2. The topological polar surface area (TPSA) is 116 Å². The van der Waals surface area contributed by atoms with E-state index in [1.807, 2.05) is 0 Å². The number of phenols is 1. The Hall–Kier alpha value is -3.09. The second-order valence-electron chi connectivity index (χ2n) is 4.15. The zero-order valence-corrected chi connectivity index (χ0v) is 11.7. The van der Waals surface area contributed by atoms with E-state index in [-0.39, 0.29) is 22.9 Å². The molecule has 0 aromatic heterocycles. The highest BCUT2D eigenvalue weighted by molar-refractivity contribution is 5.92. The molecule has 0 saturated heterocycles. The van der Waals surface area contributed by atoms with Crippen molar-refractivity contribution in [2.24, 2.45) is 5.73 Å². The second kappa shape index (κ2) is 7.63. The average molecular weight is 306 g/mol. The number of aromatic hydroxyl groups is 1. The third-order valence-electron chi connectivity index (χ3n) is 2.60. The van der Waals surface area contributed by atoms with Gasteiger partial charge in [0.1, 0.15) is 5.82 Å². The number of anilines is 1. The molecule has 0 bridgehead atoms. The molecular weight excluding hydrogens is 291 g/mol. The largest absolute Gasteiger partial charge is 0.504 e. The molecule has 0 aliphatic heterocycles. The van der Waals surface area contributed by atoms with Crippen molar-refractivity contribution in [1.82, 2.24) is 0 Å². The number of phenolic OH excluding ortho intramolecular Hbond substituents is 1. The van der Waals surface area contributed by atoms with Gasteiger partial charge in [0.2, 0.25) is 5.91 Å². The average Bonchev–Trinajstić information content (AvgIpc) is 2.50. The molecule has 7 heteroatoms. The van der Waals surface area contributed by atoms with Gasteiger partial charge in [0.15, 0.2) is 17.8 Å². The van der Waals surface area contributed by atoms with Crippen LogP contribution in [0.15, 0.2) is 36.4 Å². The molecule has 2 aromatic carbocycles. The molecule has 1 amide bonds. The quantitative estimate of drug-likeness (QED) is 0.453. The lowest BCUT2D eigenvalue weighted by atomic mass is 10.2. The summed E-state index contributed by atoms with van der Waals surface area (Å²) in [6.07, 6.45) is 0.522. The Labute approximate surface area is 126 Å². The molecule has 0 fully saturated rings. The highest BCUT2D eigenvalue weighted by Crippen LogP contribution is 2.31. The van der Waals surface area contributed by atoms with Gasteiger partial charge in [0, 0.05) is 17.3 Å². The number of benzene rings is 2. The number of primary amides is 1. The molecule has 0 aliphatic rings. The van der Waals surface area contributed by atoms with Gasteiger partial charge in [0.25, 0.3) is 0 Å². The van der Waals surface area contributed by atoms with E-state index in [0.29, 0.717) is 17.5 Å². The maximum Gasteiger partial charge on any atom is 0.248 e. The lowest BCUT2D eigenvalue weighted by Crippen LogP contribution is -2.10. The van der Waals surface area contributed by atoms with Gasteiger partial charge in [-0.1, -0.05) is 0 Å². The number of amides is 1. The summed E-state index contributed by atoms with van der Waals surface area (Å²) in [5.74, 6) is -0.885. The van der Waals surface area contributed by atoms with Gasteiger partial charge in [-0.2, -0.15) is 0 Å². The number of aldehydes is 1. The predicted molar refractivity (Wildman–Crippen MR) is 79.4 cm³/mol. The van der Waals surface area contributed by atoms with Crippen LogP contribution in [0, 0.1) is 5.82 Å². The number of halogens is 1. The van der Waals surface area contributed by atoms with Crippen LogP contribution in [-0.4, -0.2) is 24.4 Å². The minimum Gasteiger partial charge on any atom is -0.504 e. The van der Waals surface area contributed by atoms with E-state index in [9.17, 15) is 19.1 Å². The highest BCUT2D eigenvalue weighted by Gasteiger charge is 2.07. The summed E-state index contributed by atoms with van der Waals surface area (Å²) < 4.78 is 17.0. The van der Waals surface area contributed by atoms with Gasteiger partial charge < -0.3 is 21.3 Å². The van der Waals surface area contributed by atoms with Crippen molar-refractivity contribution in [3.63, 3.8) is 0 Å². The number of hydrogen-bond acceptors (Lipinski definition) is 5. The number of carbonyl (C=O) groups excluding carboxylic acids is 2. The van der Waals surface area contributed by atoms with Crippen LogP contribution in [0.2, 0.25) is 0 Å². The number of hydrogen-bond donors (Lipinski definition) is 3. The van der Waals surface area contributed by atoms with Crippen LogP contribution >= 0.6 is 0 Å². The van der Waals surface area contributed by atoms with E-state index >= 15 is 0 Å². The first-order valence-electron chi connectivity index (χ1n) is 6.06. The van der Waals surface area contributed by atoms with E-state index in [0.717, 1.165) is 0 Å². The normalized spacial score (nSPS) is 9.36. The maximum atomic E-state index is 12.2. The number of rotatable bonds is 3.